The molecule has 172 valence electrons. The van der Waals surface area contributed by atoms with E-state index in [4.69, 9.17) is 9.84 Å². The number of ether oxygens (including phenoxy) is 1. The maximum Gasteiger partial charge on any atom is 1.00 e. The summed E-state index contributed by atoms with van der Waals surface area (Å²) in [6.45, 7) is 6.06. The molecule has 0 spiro atoms. The van der Waals surface area contributed by atoms with E-state index < -0.39 is 5.97 Å². The minimum Gasteiger partial charge on any atom is -0.870 e. The van der Waals surface area contributed by atoms with Gasteiger partial charge in [-0.15, -0.1) is 22.7 Å². The Bertz CT molecular complexity index is 1250. The Balaban J connectivity index is 0.000000323. The van der Waals surface area contributed by atoms with Crippen molar-refractivity contribution in [2.45, 2.75) is 20.8 Å². The first-order valence-corrected chi connectivity index (χ1v) is 11.3. The Kier molecular flexibility index (Phi) is 12.8. The molecule has 4 rings (SSSR count). The third kappa shape index (κ3) is 7.82. The molecule has 12 heteroatoms. The molecule has 0 radical (unpaired) electrons. The van der Waals surface area contributed by atoms with E-state index in [0.29, 0.717) is 17.3 Å². The van der Waals surface area contributed by atoms with Crippen LogP contribution in [0.15, 0.2) is 47.7 Å². The maximum atomic E-state index is 11.5. The zero-order valence-electron chi connectivity index (χ0n) is 19.1. The quantitative estimate of drug-likeness (QED) is 0.305. The van der Waals surface area contributed by atoms with E-state index in [9.17, 15) is 9.59 Å². The van der Waals surface area contributed by atoms with Gasteiger partial charge in [0.05, 0.1) is 6.61 Å². The Labute approximate surface area is 247 Å². The van der Waals surface area contributed by atoms with Crippen LogP contribution in [0.4, 0.5) is 0 Å². The monoisotopic (exact) mass is 524 g/mol. The fourth-order valence-electron chi connectivity index (χ4n) is 2.57. The molecule has 0 atom stereocenters. The number of hydrogen-bond acceptors (Lipinski definition) is 10. The number of carbonyl (C=O) groups is 2. The van der Waals surface area contributed by atoms with Crippen LogP contribution >= 0.6 is 22.7 Å². The minimum atomic E-state index is -1.00. The Morgan fingerprint density at radius 2 is 1.38 bits per heavy atom. The van der Waals surface area contributed by atoms with Crippen LogP contribution in [0.25, 0.3) is 21.1 Å². The van der Waals surface area contributed by atoms with Gasteiger partial charge in [0, 0.05) is 46.7 Å². The summed E-state index contributed by atoms with van der Waals surface area (Å²) in [5.74, 6) is -1.38. The second kappa shape index (κ2) is 14.5. The summed E-state index contributed by atoms with van der Waals surface area (Å²) in [7, 11) is 0. The number of aryl methyl sites for hydroxylation is 2. The van der Waals surface area contributed by atoms with Gasteiger partial charge in [0.1, 0.15) is 10.0 Å². The second-order valence-electron chi connectivity index (χ2n) is 6.48. The third-order valence-electron chi connectivity index (χ3n) is 4.25. The normalized spacial score (nSPS) is 9.62. The second-order valence-corrected chi connectivity index (χ2v) is 8.20. The van der Waals surface area contributed by atoms with Gasteiger partial charge in [-0.3, -0.25) is 9.97 Å². The summed E-state index contributed by atoms with van der Waals surface area (Å²) >= 11 is 2.73. The van der Waals surface area contributed by atoms with E-state index in [2.05, 4.69) is 19.9 Å². The van der Waals surface area contributed by atoms with Crippen LogP contribution in [-0.2, 0) is 4.74 Å². The minimum absolute atomic E-state index is 0. The first kappa shape index (κ1) is 30.1. The summed E-state index contributed by atoms with van der Waals surface area (Å²) in [5.41, 5.74) is 4.40. The Hall–Kier alpha value is -1.90. The summed E-state index contributed by atoms with van der Waals surface area (Å²) in [6.07, 6.45) is 6.88. The van der Waals surface area contributed by atoms with E-state index in [0.717, 1.165) is 27.3 Å². The molecular formula is C22H21KN4O5S2. The van der Waals surface area contributed by atoms with Gasteiger partial charge in [0.25, 0.3) is 0 Å². The zero-order valence-corrected chi connectivity index (χ0v) is 23.8. The SMILES string of the molecule is CCOC(=O)c1csc(-c2cnccc2C)n1.Cc1ccncc1-c1nc(C(=O)O)cs1.[K+].[OH-]. The van der Waals surface area contributed by atoms with Gasteiger partial charge in [0.2, 0.25) is 0 Å². The summed E-state index contributed by atoms with van der Waals surface area (Å²) in [4.78, 5) is 38.5. The average Bonchev–Trinajstić information content (AvgIpc) is 3.46. The van der Waals surface area contributed by atoms with Crippen molar-refractivity contribution in [3.63, 3.8) is 0 Å². The average molecular weight is 525 g/mol. The molecule has 0 amide bonds. The molecule has 0 aromatic carbocycles. The van der Waals surface area contributed by atoms with Gasteiger partial charge >= 0.3 is 63.3 Å². The van der Waals surface area contributed by atoms with Crippen LogP contribution in [0.1, 0.15) is 39.0 Å². The molecule has 0 saturated heterocycles. The van der Waals surface area contributed by atoms with E-state index in [1.54, 1.807) is 37.1 Å². The van der Waals surface area contributed by atoms with Gasteiger partial charge in [-0.25, -0.2) is 19.6 Å². The van der Waals surface area contributed by atoms with Gasteiger partial charge in [-0.1, -0.05) is 0 Å². The van der Waals surface area contributed by atoms with Crippen LogP contribution in [0.2, 0.25) is 0 Å². The number of carbonyl (C=O) groups excluding carboxylic acids is 1. The van der Waals surface area contributed by atoms with Crippen LogP contribution in [-0.4, -0.2) is 49.1 Å². The molecule has 34 heavy (non-hydrogen) atoms. The molecule has 0 fully saturated rings. The number of hydrogen-bond donors (Lipinski definition) is 1. The van der Waals surface area contributed by atoms with Crippen molar-refractivity contribution in [3.8, 4) is 21.1 Å². The Morgan fingerprint density at radius 1 is 0.912 bits per heavy atom. The van der Waals surface area contributed by atoms with E-state index in [1.807, 2.05) is 26.0 Å². The number of aromatic nitrogens is 4. The van der Waals surface area contributed by atoms with Gasteiger partial charge in [-0.05, 0) is 44.0 Å². The van der Waals surface area contributed by atoms with Gasteiger partial charge in [0.15, 0.2) is 11.4 Å². The number of rotatable bonds is 5. The molecule has 0 unspecified atom stereocenters. The molecular weight excluding hydrogens is 503 g/mol. The number of carboxylic acids is 1. The molecule has 0 aliphatic rings. The van der Waals surface area contributed by atoms with Crippen molar-refractivity contribution >= 4 is 34.6 Å². The fraction of sp³-hybridized carbons (Fsp3) is 0.182. The van der Waals surface area contributed by atoms with Crippen LogP contribution in [0.3, 0.4) is 0 Å². The van der Waals surface area contributed by atoms with Crippen molar-refractivity contribution < 1.29 is 76.3 Å². The van der Waals surface area contributed by atoms with Gasteiger partial charge in [-0.2, -0.15) is 0 Å². The predicted octanol–water partition coefficient (Wildman–Crippen LogP) is 1.73. The maximum absolute atomic E-state index is 11.5. The number of nitrogens with zero attached hydrogens (tertiary/aromatic N) is 4. The van der Waals surface area contributed by atoms with Crippen molar-refractivity contribution in [1.29, 1.82) is 0 Å². The first-order chi connectivity index (χ1) is 15.4. The standard InChI is InChI=1S/C12H12N2O2S.C10H8N2O2S.K.H2O/c1-3-16-12(15)10-7-17-11(14-10)9-6-13-5-4-8(9)2;1-6-2-3-11-4-7(6)9-12-8(5-15-9)10(13)14;;/h4-7H,3H2,1-2H3;2-5H,1H3,(H,13,14);;1H2/q;;+1;/p-1. The summed E-state index contributed by atoms with van der Waals surface area (Å²) in [6, 6.07) is 3.79. The first-order valence-electron chi connectivity index (χ1n) is 9.54. The Morgan fingerprint density at radius 3 is 1.79 bits per heavy atom. The fourth-order valence-corrected chi connectivity index (χ4v) is 4.30. The summed E-state index contributed by atoms with van der Waals surface area (Å²) < 4.78 is 4.90. The zero-order chi connectivity index (χ0) is 23.1. The van der Waals surface area contributed by atoms with Crippen LogP contribution < -0.4 is 51.4 Å². The summed E-state index contributed by atoms with van der Waals surface area (Å²) in [5, 5.41) is 13.5. The molecule has 2 N–H and O–H groups in total. The molecule has 0 aliphatic carbocycles. The van der Waals surface area contributed by atoms with Crippen molar-refractivity contribution in [2.75, 3.05) is 6.61 Å². The number of esters is 1. The van der Waals surface area contributed by atoms with E-state index in [1.165, 1.54) is 28.1 Å². The number of pyridine rings is 2. The number of thiazole rings is 2. The predicted molar refractivity (Wildman–Crippen MR) is 125 cm³/mol. The van der Waals surface area contributed by atoms with Crippen LogP contribution in [0, 0.1) is 13.8 Å². The largest absolute Gasteiger partial charge is 1.00 e. The number of carboxylic acid groups (broad SMARTS) is 1. The molecule has 4 aromatic heterocycles. The van der Waals surface area contributed by atoms with Gasteiger partial charge < -0.3 is 15.3 Å². The van der Waals surface area contributed by atoms with Crippen molar-refractivity contribution in [3.05, 3.63) is 70.2 Å². The molecule has 0 aliphatic heterocycles. The van der Waals surface area contributed by atoms with E-state index in [-0.39, 0.29) is 68.5 Å². The molecule has 9 nitrogen and oxygen atoms in total. The molecule has 0 saturated carbocycles. The van der Waals surface area contributed by atoms with Crippen LogP contribution in [0.5, 0.6) is 0 Å². The third-order valence-corrected chi connectivity index (χ3v) is 6.00. The van der Waals surface area contributed by atoms with E-state index >= 15 is 0 Å². The topological polar surface area (TPSA) is 145 Å². The number of aromatic carboxylic acids is 1. The molecule has 4 aromatic rings. The molecule has 4 heterocycles. The van der Waals surface area contributed by atoms with Crippen molar-refractivity contribution in [1.82, 2.24) is 19.9 Å². The molecule has 0 bridgehead atoms. The van der Waals surface area contributed by atoms with Crippen molar-refractivity contribution in [2.24, 2.45) is 0 Å². The smallest absolute Gasteiger partial charge is 0.870 e.